The summed E-state index contributed by atoms with van der Waals surface area (Å²) in [5.41, 5.74) is 0.836. The SMILES string of the molecule is CN(C)Cc1ccc2c(N(C)C)c3c(c(O)c2c1)C(O)=C1C(=O)[C@]2(O)C(=O)c4c(OCc5ccccc5)noc4[C@@H](N(C)C)[C@@H]2C[C@@H]1C3. The summed E-state index contributed by atoms with van der Waals surface area (Å²) in [6.45, 7) is 0.737. The van der Waals surface area contributed by atoms with Crippen LogP contribution in [0.2, 0.25) is 0 Å². The standard InChI is InChI=1S/C37H40N4O7/c1-39(2)17-20-12-13-22-23(14-20)31(42)27-24(29(22)40(3)4)15-21-16-25-30(41(5)6)33-28(35(45)37(25,46)34(44)26(21)32(27)43)36(38-48-33)47-18-19-10-8-7-9-11-19/h7-14,21,25,30,42-43,46H,15-18H2,1-6H3/t21-,25-,30-,37-/m0/s1. The summed E-state index contributed by atoms with van der Waals surface area (Å²) in [7, 11) is 11.3. The van der Waals surface area contributed by atoms with E-state index < -0.39 is 40.8 Å². The minimum absolute atomic E-state index is 0.0532. The Morgan fingerprint density at radius 3 is 2.33 bits per heavy atom. The first-order valence-corrected chi connectivity index (χ1v) is 16.0. The lowest BCUT2D eigenvalue weighted by Crippen LogP contribution is -2.63. The first-order valence-electron chi connectivity index (χ1n) is 16.0. The maximum Gasteiger partial charge on any atom is 0.265 e. The predicted molar refractivity (Wildman–Crippen MR) is 180 cm³/mol. The van der Waals surface area contributed by atoms with Crippen molar-refractivity contribution in [3.05, 3.63) is 87.7 Å². The summed E-state index contributed by atoms with van der Waals surface area (Å²) >= 11 is 0. The van der Waals surface area contributed by atoms with Crippen molar-refractivity contribution in [2.75, 3.05) is 47.2 Å². The zero-order valence-corrected chi connectivity index (χ0v) is 27.9. The highest BCUT2D eigenvalue weighted by molar-refractivity contribution is 6.26. The molecule has 1 aromatic heterocycles. The number of hydrogen-bond donors (Lipinski definition) is 3. The molecule has 11 nitrogen and oxygen atoms in total. The van der Waals surface area contributed by atoms with Crippen LogP contribution in [-0.2, 0) is 24.4 Å². The van der Waals surface area contributed by atoms with Crippen LogP contribution in [0.4, 0.5) is 5.69 Å². The number of hydrogen-bond acceptors (Lipinski definition) is 11. The van der Waals surface area contributed by atoms with Crippen LogP contribution in [0.25, 0.3) is 16.5 Å². The Hall–Kier alpha value is -4.71. The lowest BCUT2D eigenvalue weighted by atomic mass is 9.57. The van der Waals surface area contributed by atoms with Gasteiger partial charge in [-0.1, -0.05) is 42.5 Å². The number of carbonyl (C=O) groups is 2. The predicted octanol–water partition coefficient (Wildman–Crippen LogP) is 4.50. The van der Waals surface area contributed by atoms with Crippen LogP contribution in [0.15, 0.2) is 58.6 Å². The number of carbonyl (C=O) groups excluding carboxylic acids is 2. The number of aromatic hydroxyl groups is 1. The molecule has 0 spiro atoms. The quantitative estimate of drug-likeness (QED) is 0.243. The normalized spacial score (nSPS) is 23.3. The molecular weight excluding hydrogens is 612 g/mol. The molecule has 0 radical (unpaired) electrons. The van der Waals surface area contributed by atoms with Gasteiger partial charge in [0.2, 0.25) is 11.6 Å². The topological polar surface area (TPSA) is 140 Å². The highest BCUT2D eigenvalue weighted by atomic mass is 16.5. The number of ether oxygens (including phenoxy) is 1. The molecule has 0 saturated heterocycles. The van der Waals surface area contributed by atoms with Crippen molar-refractivity contribution in [2.45, 2.75) is 37.6 Å². The molecular formula is C37H40N4O7. The lowest BCUT2D eigenvalue weighted by Gasteiger charge is -2.49. The van der Waals surface area contributed by atoms with E-state index in [-0.39, 0.29) is 47.1 Å². The highest BCUT2D eigenvalue weighted by Gasteiger charge is 2.65. The van der Waals surface area contributed by atoms with Gasteiger partial charge in [-0.05, 0) is 74.9 Å². The molecule has 48 heavy (non-hydrogen) atoms. The Bertz CT molecular complexity index is 2000. The number of aliphatic hydroxyl groups excluding tert-OH is 1. The van der Waals surface area contributed by atoms with Crippen LogP contribution < -0.4 is 9.64 Å². The van der Waals surface area contributed by atoms with Crippen molar-refractivity contribution in [3.63, 3.8) is 0 Å². The van der Waals surface area contributed by atoms with E-state index in [1.807, 2.05) is 91.4 Å². The minimum atomic E-state index is -2.52. The fourth-order valence-electron chi connectivity index (χ4n) is 8.12. The van der Waals surface area contributed by atoms with Crippen LogP contribution in [0.1, 0.15) is 50.8 Å². The second-order valence-electron chi connectivity index (χ2n) is 13.9. The smallest absolute Gasteiger partial charge is 0.265 e. The van der Waals surface area contributed by atoms with Gasteiger partial charge in [-0.3, -0.25) is 14.5 Å². The first kappa shape index (κ1) is 31.9. The molecule has 3 aliphatic rings. The second-order valence-corrected chi connectivity index (χ2v) is 13.9. The van der Waals surface area contributed by atoms with Crippen LogP contribution in [0, 0.1) is 11.8 Å². The molecule has 0 bridgehead atoms. The van der Waals surface area contributed by atoms with E-state index in [2.05, 4.69) is 5.16 Å². The number of Topliss-reactive ketones (excluding diaryl/α,β-unsaturated/α-hetero) is 2. The molecule has 4 atom stereocenters. The number of nitrogens with zero attached hydrogens (tertiary/aromatic N) is 4. The van der Waals surface area contributed by atoms with Gasteiger partial charge >= 0.3 is 0 Å². The average molecular weight is 653 g/mol. The third-order valence-corrected chi connectivity index (χ3v) is 10.1. The molecule has 1 heterocycles. The number of fused-ring (bicyclic) bond motifs is 5. The number of anilines is 1. The molecule has 1 fully saturated rings. The summed E-state index contributed by atoms with van der Waals surface area (Å²) in [5.74, 6) is -3.61. The van der Waals surface area contributed by atoms with E-state index in [9.17, 15) is 24.9 Å². The lowest BCUT2D eigenvalue weighted by molar-refractivity contribution is -0.142. The third-order valence-electron chi connectivity index (χ3n) is 10.1. The van der Waals surface area contributed by atoms with Crippen molar-refractivity contribution >= 4 is 33.8 Å². The summed E-state index contributed by atoms with van der Waals surface area (Å²) in [6.07, 6.45) is 0.510. The number of benzene rings is 3. The number of aliphatic hydroxyl groups is 2. The second kappa shape index (κ2) is 11.5. The van der Waals surface area contributed by atoms with Crippen LogP contribution in [0.3, 0.4) is 0 Å². The molecule has 3 aromatic carbocycles. The van der Waals surface area contributed by atoms with Gasteiger partial charge in [0.05, 0.1) is 11.6 Å². The van der Waals surface area contributed by atoms with Crippen molar-refractivity contribution in [2.24, 2.45) is 11.8 Å². The largest absolute Gasteiger partial charge is 0.507 e. The fraction of sp³-hybridized carbons (Fsp3) is 0.378. The average Bonchev–Trinajstić information content (AvgIpc) is 3.45. The van der Waals surface area contributed by atoms with Crippen LogP contribution in [-0.4, -0.2) is 89.7 Å². The van der Waals surface area contributed by atoms with Crippen molar-refractivity contribution in [1.29, 1.82) is 0 Å². The van der Waals surface area contributed by atoms with Crippen molar-refractivity contribution in [3.8, 4) is 11.6 Å². The molecule has 3 aliphatic carbocycles. The Morgan fingerprint density at radius 1 is 0.938 bits per heavy atom. The molecule has 11 heteroatoms. The van der Waals surface area contributed by atoms with Gasteiger partial charge in [-0.2, -0.15) is 0 Å². The van der Waals surface area contributed by atoms with Gasteiger partial charge in [0, 0.05) is 48.6 Å². The van der Waals surface area contributed by atoms with Gasteiger partial charge in [0.15, 0.2) is 11.4 Å². The molecule has 7 rings (SSSR count). The molecule has 3 N–H and O–H groups in total. The van der Waals surface area contributed by atoms with Gasteiger partial charge in [0.25, 0.3) is 5.88 Å². The van der Waals surface area contributed by atoms with E-state index in [1.54, 1.807) is 14.1 Å². The van der Waals surface area contributed by atoms with Crippen LogP contribution in [0.5, 0.6) is 11.6 Å². The number of rotatable bonds is 7. The van der Waals surface area contributed by atoms with Crippen molar-refractivity contribution in [1.82, 2.24) is 15.0 Å². The number of aromatic nitrogens is 1. The van der Waals surface area contributed by atoms with Crippen LogP contribution >= 0.6 is 0 Å². The maximum atomic E-state index is 14.6. The number of ketones is 2. The van der Waals surface area contributed by atoms with E-state index in [4.69, 9.17) is 9.26 Å². The van der Waals surface area contributed by atoms with Gasteiger partial charge in [-0.15, -0.1) is 0 Å². The number of phenols is 1. The monoisotopic (exact) mass is 652 g/mol. The molecule has 0 unspecified atom stereocenters. The van der Waals surface area contributed by atoms with E-state index >= 15 is 0 Å². The highest BCUT2D eigenvalue weighted by Crippen LogP contribution is 2.57. The van der Waals surface area contributed by atoms with E-state index in [1.165, 1.54) is 0 Å². The Balaban J connectivity index is 1.37. The summed E-state index contributed by atoms with van der Waals surface area (Å²) < 4.78 is 11.7. The molecule has 4 aromatic rings. The third kappa shape index (κ3) is 4.63. The zero-order chi connectivity index (χ0) is 34.2. The minimum Gasteiger partial charge on any atom is -0.507 e. The fourth-order valence-corrected chi connectivity index (χ4v) is 8.12. The molecule has 1 saturated carbocycles. The van der Waals surface area contributed by atoms with Crippen molar-refractivity contribution < 1.29 is 34.2 Å². The Morgan fingerprint density at radius 2 is 1.67 bits per heavy atom. The van der Waals surface area contributed by atoms with E-state index in [0.29, 0.717) is 23.9 Å². The first-order chi connectivity index (χ1) is 22.8. The zero-order valence-electron chi connectivity index (χ0n) is 27.9. The van der Waals surface area contributed by atoms with Gasteiger partial charge < -0.3 is 34.4 Å². The van der Waals surface area contributed by atoms with Gasteiger partial charge in [-0.25, -0.2) is 0 Å². The summed E-state index contributed by atoms with van der Waals surface area (Å²) in [6, 6.07) is 14.5. The Kier molecular flexibility index (Phi) is 7.61. The molecule has 0 amide bonds. The van der Waals surface area contributed by atoms with Gasteiger partial charge in [0.1, 0.15) is 23.7 Å². The molecule has 0 aliphatic heterocycles. The number of phenolic OH excluding ortho intramolecular Hbond substituents is 1. The Labute approximate surface area is 278 Å². The van der Waals surface area contributed by atoms with E-state index in [0.717, 1.165) is 22.2 Å². The maximum absolute atomic E-state index is 14.6. The summed E-state index contributed by atoms with van der Waals surface area (Å²) in [4.78, 5) is 34.7. The summed E-state index contributed by atoms with van der Waals surface area (Å²) in [5, 5.41) is 41.5. The molecule has 250 valence electrons.